The molecule has 0 saturated carbocycles. The maximum atomic E-state index is 5.35. The van der Waals surface area contributed by atoms with E-state index in [1.807, 2.05) is 0 Å². The summed E-state index contributed by atoms with van der Waals surface area (Å²) in [7, 11) is 0. The third-order valence-electron chi connectivity index (χ3n) is 1.75. The van der Waals surface area contributed by atoms with Crippen molar-refractivity contribution in [1.29, 1.82) is 0 Å². The summed E-state index contributed by atoms with van der Waals surface area (Å²) in [5.74, 6) is 6.02. The van der Waals surface area contributed by atoms with Crippen molar-refractivity contribution >= 4 is 17.7 Å². The van der Waals surface area contributed by atoms with Crippen LogP contribution in [0.15, 0.2) is 17.8 Å². The molecule has 0 aromatic carbocycles. The van der Waals surface area contributed by atoms with Gasteiger partial charge in [0, 0.05) is 4.75 Å². The minimum absolute atomic E-state index is 0.00708. The van der Waals surface area contributed by atoms with Crippen LogP contribution in [0.25, 0.3) is 5.95 Å². The average molecular weight is 266 g/mol. The van der Waals surface area contributed by atoms with Gasteiger partial charge < -0.3 is 0 Å². The Hall–Kier alpha value is -1.74. The van der Waals surface area contributed by atoms with E-state index in [9.17, 15) is 0 Å². The molecule has 0 amide bonds. The van der Waals surface area contributed by atoms with Gasteiger partial charge in [-0.15, -0.1) is 0 Å². The number of nitrogens with one attached hydrogen (secondary N) is 1. The molecule has 0 saturated heterocycles. The Bertz CT molecular complexity index is 518. The molecule has 0 atom stereocenters. The number of hydrogen-bond acceptors (Lipinski definition) is 8. The van der Waals surface area contributed by atoms with Gasteiger partial charge in [0.1, 0.15) is 12.7 Å². The van der Waals surface area contributed by atoms with Gasteiger partial charge in [0.2, 0.25) is 5.95 Å². The van der Waals surface area contributed by atoms with Crippen LogP contribution in [0.5, 0.6) is 0 Å². The lowest BCUT2D eigenvalue weighted by molar-refractivity contribution is 0.746. The van der Waals surface area contributed by atoms with Crippen molar-refractivity contribution in [2.75, 3.05) is 5.43 Å². The molecule has 3 N–H and O–H groups in total. The number of aromatic nitrogens is 6. The zero-order chi connectivity index (χ0) is 13.2. The highest BCUT2D eigenvalue weighted by atomic mass is 32.2. The second-order valence-electron chi connectivity index (χ2n) is 4.44. The molecular weight excluding hydrogens is 252 g/mol. The van der Waals surface area contributed by atoms with E-state index in [-0.39, 0.29) is 4.75 Å². The summed E-state index contributed by atoms with van der Waals surface area (Å²) in [6, 6.07) is 0. The lowest BCUT2D eigenvalue weighted by atomic mass is 10.3. The van der Waals surface area contributed by atoms with Crippen LogP contribution in [0, 0.1) is 0 Å². The first-order chi connectivity index (χ1) is 8.48. The maximum Gasteiger partial charge on any atom is 0.257 e. The van der Waals surface area contributed by atoms with Crippen molar-refractivity contribution in [2.24, 2.45) is 5.84 Å². The van der Waals surface area contributed by atoms with E-state index in [0.29, 0.717) is 17.1 Å². The smallest absolute Gasteiger partial charge is 0.257 e. The number of rotatable bonds is 3. The predicted octanol–water partition coefficient (Wildman–Crippen LogP) is 0.629. The topological polar surface area (TPSA) is 107 Å². The van der Waals surface area contributed by atoms with Crippen molar-refractivity contribution < 1.29 is 0 Å². The molecule has 0 spiro atoms. The molecule has 0 fully saturated rings. The molecule has 0 radical (unpaired) electrons. The van der Waals surface area contributed by atoms with Crippen molar-refractivity contribution in [3.8, 4) is 5.95 Å². The van der Waals surface area contributed by atoms with Gasteiger partial charge in [-0.25, -0.2) is 10.8 Å². The van der Waals surface area contributed by atoms with Crippen molar-refractivity contribution in [1.82, 2.24) is 29.7 Å². The molecule has 0 aliphatic rings. The molecule has 96 valence electrons. The number of hydrogen-bond donors (Lipinski definition) is 2. The standard InChI is InChI=1S/C9H14N8S/c1-9(2,3)18-8-14-6(16-10)13-7(15-8)17-5-11-4-12-17/h4-5H,10H2,1-3H3,(H,13,14,15,16). The van der Waals surface area contributed by atoms with E-state index >= 15 is 0 Å². The molecule has 0 aliphatic carbocycles. The van der Waals surface area contributed by atoms with Gasteiger partial charge >= 0.3 is 0 Å². The Morgan fingerprint density at radius 3 is 2.61 bits per heavy atom. The Morgan fingerprint density at radius 2 is 2.06 bits per heavy atom. The minimum Gasteiger partial charge on any atom is -0.292 e. The minimum atomic E-state index is -0.00708. The quantitative estimate of drug-likeness (QED) is 0.473. The summed E-state index contributed by atoms with van der Waals surface area (Å²) in [6.07, 6.45) is 2.93. The fourth-order valence-electron chi connectivity index (χ4n) is 1.14. The highest BCUT2D eigenvalue weighted by molar-refractivity contribution is 8.00. The van der Waals surface area contributed by atoms with Crippen molar-refractivity contribution in [2.45, 2.75) is 30.7 Å². The summed E-state index contributed by atoms with van der Waals surface area (Å²) in [5, 5.41) is 4.55. The Kier molecular flexibility index (Phi) is 3.43. The molecule has 0 aliphatic heterocycles. The molecule has 0 bridgehead atoms. The zero-order valence-corrected chi connectivity index (χ0v) is 11.1. The molecule has 2 aromatic rings. The van der Waals surface area contributed by atoms with E-state index in [0.717, 1.165) is 0 Å². The second kappa shape index (κ2) is 4.86. The first-order valence-electron chi connectivity index (χ1n) is 5.24. The predicted molar refractivity (Wildman–Crippen MR) is 68.2 cm³/mol. The van der Waals surface area contributed by atoms with Gasteiger partial charge in [-0.2, -0.15) is 24.7 Å². The third kappa shape index (κ3) is 3.14. The number of anilines is 1. The molecule has 2 rings (SSSR count). The highest BCUT2D eigenvalue weighted by Crippen LogP contribution is 2.29. The molecule has 9 heteroatoms. The zero-order valence-electron chi connectivity index (χ0n) is 10.3. The first-order valence-corrected chi connectivity index (χ1v) is 6.06. The fraction of sp³-hybridized carbons (Fsp3) is 0.444. The fourth-order valence-corrected chi connectivity index (χ4v) is 1.95. The highest BCUT2D eigenvalue weighted by Gasteiger charge is 2.17. The molecule has 2 heterocycles. The van der Waals surface area contributed by atoms with Crippen molar-refractivity contribution in [3.63, 3.8) is 0 Å². The maximum absolute atomic E-state index is 5.35. The van der Waals surface area contributed by atoms with Crippen LogP contribution in [0.1, 0.15) is 20.8 Å². The van der Waals surface area contributed by atoms with Crippen LogP contribution in [-0.4, -0.2) is 34.5 Å². The number of nitrogens with two attached hydrogens (primary N) is 1. The molecular formula is C9H14N8S. The van der Waals surface area contributed by atoms with Gasteiger partial charge in [0.15, 0.2) is 5.16 Å². The summed E-state index contributed by atoms with van der Waals surface area (Å²) in [5.41, 5.74) is 2.42. The van der Waals surface area contributed by atoms with Gasteiger partial charge in [-0.05, 0) is 0 Å². The summed E-state index contributed by atoms with van der Waals surface area (Å²) >= 11 is 1.52. The number of hydrazine groups is 1. The van der Waals surface area contributed by atoms with E-state index in [1.54, 1.807) is 0 Å². The Balaban J connectivity index is 2.39. The average Bonchev–Trinajstić information content (AvgIpc) is 2.79. The van der Waals surface area contributed by atoms with Gasteiger partial charge in [-0.1, -0.05) is 32.5 Å². The second-order valence-corrected chi connectivity index (χ2v) is 6.23. The first kappa shape index (κ1) is 12.7. The van der Waals surface area contributed by atoms with Crippen LogP contribution in [0.2, 0.25) is 0 Å². The normalized spacial score (nSPS) is 11.6. The Labute approximate surface area is 108 Å². The van der Waals surface area contributed by atoms with E-state index in [2.05, 4.69) is 51.2 Å². The molecule has 18 heavy (non-hydrogen) atoms. The van der Waals surface area contributed by atoms with Crippen LogP contribution in [-0.2, 0) is 0 Å². The lowest BCUT2D eigenvalue weighted by Gasteiger charge is -2.16. The monoisotopic (exact) mass is 266 g/mol. The van der Waals surface area contributed by atoms with Crippen LogP contribution in [0.4, 0.5) is 5.95 Å². The number of nitrogens with zero attached hydrogens (tertiary/aromatic N) is 6. The van der Waals surface area contributed by atoms with Gasteiger partial charge in [0.05, 0.1) is 0 Å². The molecule has 8 nitrogen and oxygen atoms in total. The number of nitrogen functional groups attached to an aromatic ring is 1. The van der Waals surface area contributed by atoms with Crippen LogP contribution < -0.4 is 11.3 Å². The van der Waals surface area contributed by atoms with Crippen molar-refractivity contribution in [3.05, 3.63) is 12.7 Å². The third-order valence-corrected chi connectivity index (χ3v) is 2.73. The SMILES string of the molecule is CC(C)(C)Sc1nc(NN)nc(-n2cncn2)n1. The van der Waals surface area contributed by atoms with Crippen LogP contribution in [0.3, 0.4) is 0 Å². The van der Waals surface area contributed by atoms with Gasteiger partial charge in [0.25, 0.3) is 5.95 Å². The number of thioether (sulfide) groups is 1. The van der Waals surface area contributed by atoms with Gasteiger partial charge in [-0.3, -0.25) is 5.43 Å². The summed E-state index contributed by atoms with van der Waals surface area (Å²) < 4.78 is 1.45. The van der Waals surface area contributed by atoms with E-state index < -0.39 is 0 Å². The van der Waals surface area contributed by atoms with Crippen LogP contribution >= 0.6 is 11.8 Å². The summed E-state index contributed by atoms with van der Waals surface area (Å²) in [4.78, 5) is 16.5. The summed E-state index contributed by atoms with van der Waals surface area (Å²) in [6.45, 7) is 6.23. The largest absolute Gasteiger partial charge is 0.292 e. The molecule has 0 unspecified atom stereocenters. The van der Waals surface area contributed by atoms with E-state index in [4.69, 9.17) is 5.84 Å². The molecule has 2 aromatic heterocycles. The lowest BCUT2D eigenvalue weighted by Crippen LogP contribution is -2.16. The Morgan fingerprint density at radius 1 is 1.28 bits per heavy atom. The van der Waals surface area contributed by atoms with E-state index in [1.165, 1.54) is 29.1 Å².